The molecular weight excluding hydrogens is 342 g/mol. The Morgan fingerprint density at radius 3 is 2.36 bits per heavy atom. The molecule has 0 aliphatic rings. The third kappa shape index (κ3) is 4.70. The smallest absolute Gasteiger partial charge is 0.262 e. The van der Waals surface area contributed by atoms with Crippen molar-refractivity contribution in [3.05, 3.63) is 64.6 Å². The van der Waals surface area contributed by atoms with Crippen molar-refractivity contribution in [3.63, 3.8) is 0 Å². The van der Waals surface area contributed by atoms with E-state index in [2.05, 4.69) is 31.8 Å². The zero-order valence-electron chi connectivity index (χ0n) is 12.5. The molecule has 1 atom stereocenters. The molecule has 2 N–H and O–H groups in total. The quantitative estimate of drug-likeness (QED) is 0.630. The van der Waals surface area contributed by atoms with E-state index in [4.69, 9.17) is 0 Å². The van der Waals surface area contributed by atoms with Gasteiger partial charge in [-0.25, -0.2) is 5.43 Å². The van der Waals surface area contributed by atoms with Crippen LogP contribution in [0, 0.1) is 0 Å². The number of hydrogen-bond donors (Lipinski definition) is 2. The monoisotopic (exact) mass is 359 g/mol. The van der Waals surface area contributed by atoms with Crippen molar-refractivity contribution in [2.24, 2.45) is 5.10 Å². The van der Waals surface area contributed by atoms with Crippen LogP contribution in [0.2, 0.25) is 0 Å². The second kappa shape index (κ2) is 7.75. The average molecular weight is 360 g/mol. The molecule has 0 fully saturated rings. The molecule has 5 heteroatoms. The van der Waals surface area contributed by atoms with E-state index < -0.39 is 0 Å². The lowest BCUT2D eigenvalue weighted by Crippen LogP contribution is -2.35. The molecule has 2 aromatic carbocycles. The molecule has 0 saturated carbocycles. The van der Waals surface area contributed by atoms with Crippen LogP contribution in [-0.4, -0.2) is 17.7 Å². The molecular formula is C17H18BrN3O. The highest BCUT2D eigenvalue weighted by Crippen LogP contribution is 2.11. The number of amides is 1. The van der Waals surface area contributed by atoms with Crippen LogP contribution >= 0.6 is 15.9 Å². The van der Waals surface area contributed by atoms with Gasteiger partial charge in [0.15, 0.2) is 0 Å². The Bertz CT molecular complexity index is 653. The van der Waals surface area contributed by atoms with Gasteiger partial charge in [0.2, 0.25) is 0 Å². The van der Waals surface area contributed by atoms with Crippen LogP contribution in [0.3, 0.4) is 0 Å². The molecule has 1 amide bonds. The molecule has 0 spiro atoms. The minimum absolute atomic E-state index is 0.180. The van der Waals surface area contributed by atoms with Gasteiger partial charge in [0.25, 0.3) is 5.91 Å². The molecule has 2 aromatic rings. The van der Waals surface area contributed by atoms with Gasteiger partial charge in [0.1, 0.15) is 6.04 Å². The summed E-state index contributed by atoms with van der Waals surface area (Å²) in [5, 5.41) is 7.27. The van der Waals surface area contributed by atoms with Crippen LogP contribution in [0.1, 0.15) is 19.4 Å². The molecule has 0 bridgehead atoms. The number of halogens is 1. The van der Waals surface area contributed by atoms with E-state index >= 15 is 0 Å². The lowest BCUT2D eigenvalue weighted by atomic mass is 10.1. The first-order valence-corrected chi connectivity index (χ1v) is 7.77. The molecule has 0 heterocycles. The second-order valence-electron chi connectivity index (χ2n) is 4.91. The third-order valence-electron chi connectivity index (χ3n) is 3.15. The Hall–Kier alpha value is -2.14. The van der Waals surface area contributed by atoms with Crippen molar-refractivity contribution in [2.45, 2.75) is 19.9 Å². The van der Waals surface area contributed by atoms with E-state index in [0.29, 0.717) is 0 Å². The summed E-state index contributed by atoms with van der Waals surface area (Å²) in [6.45, 7) is 3.66. The van der Waals surface area contributed by atoms with Gasteiger partial charge >= 0.3 is 0 Å². The first-order valence-electron chi connectivity index (χ1n) is 6.98. The van der Waals surface area contributed by atoms with Crippen molar-refractivity contribution in [2.75, 3.05) is 5.32 Å². The van der Waals surface area contributed by atoms with Crippen molar-refractivity contribution in [1.82, 2.24) is 5.43 Å². The average Bonchev–Trinajstić information content (AvgIpc) is 2.53. The summed E-state index contributed by atoms with van der Waals surface area (Å²) in [5.74, 6) is -0.180. The molecule has 22 heavy (non-hydrogen) atoms. The topological polar surface area (TPSA) is 53.5 Å². The standard InChI is InChI=1S/C17H18BrN3O/c1-12(14-8-10-15(18)11-9-14)20-21-17(22)13(2)19-16-6-4-3-5-7-16/h3-11,13,19H,1-2H3,(H,21,22)/b20-12-. The number of benzene rings is 2. The van der Waals surface area contributed by atoms with Gasteiger partial charge < -0.3 is 5.32 Å². The number of carbonyl (C=O) groups is 1. The summed E-state index contributed by atoms with van der Waals surface area (Å²) in [6, 6.07) is 17.0. The minimum atomic E-state index is -0.371. The summed E-state index contributed by atoms with van der Waals surface area (Å²) >= 11 is 3.39. The van der Waals surface area contributed by atoms with E-state index in [1.807, 2.05) is 61.5 Å². The summed E-state index contributed by atoms with van der Waals surface area (Å²) in [7, 11) is 0. The number of para-hydroxylation sites is 1. The summed E-state index contributed by atoms with van der Waals surface area (Å²) in [4.78, 5) is 12.0. The van der Waals surface area contributed by atoms with Gasteiger partial charge in [-0.05, 0) is 43.7 Å². The molecule has 0 aromatic heterocycles. The number of carbonyl (C=O) groups excluding carboxylic acids is 1. The van der Waals surface area contributed by atoms with Crippen LogP contribution in [0.15, 0.2) is 64.2 Å². The Morgan fingerprint density at radius 1 is 1.09 bits per heavy atom. The lowest BCUT2D eigenvalue weighted by molar-refractivity contribution is -0.121. The van der Waals surface area contributed by atoms with Crippen molar-refractivity contribution in [3.8, 4) is 0 Å². The lowest BCUT2D eigenvalue weighted by Gasteiger charge is -2.13. The van der Waals surface area contributed by atoms with E-state index in [1.54, 1.807) is 6.92 Å². The minimum Gasteiger partial charge on any atom is -0.374 e. The fourth-order valence-electron chi connectivity index (χ4n) is 1.84. The zero-order valence-corrected chi connectivity index (χ0v) is 14.1. The second-order valence-corrected chi connectivity index (χ2v) is 5.83. The molecule has 4 nitrogen and oxygen atoms in total. The van der Waals surface area contributed by atoms with E-state index in [0.717, 1.165) is 21.4 Å². The molecule has 0 aliphatic heterocycles. The van der Waals surface area contributed by atoms with Crippen LogP contribution in [0.5, 0.6) is 0 Å². The normalized spacial score (nSPS) is 12.6. The molecule has 0 radical (unpaired) electrons. The fraction of sp³-hybridized carbons (Fsp3) is 0.176. The summed E-state index contributed by atoms with van der Waals surface area (Å²) in [6.07, 6.45) is 0. The summed E-state index contributed by atoms with van der Waals surface area (Å²) in [5.41, 5.74) is 5.21. The maximum atomic E-state index is 12.0. The van der Waals surface area contributed by atoms with Crippen molar-refractivity contribution in [1.29, 1.82) is 0 Å². The molecule has 0 aliphatic carbocycles. The van der Waals surface area contributed by atoms with Gasteiger partial charge in [0, 0.05) is 10.2 Å². The largest absolute Gasteiger partial charge is 0.374 e. The number of nitrogens with one attached hydrogen (secondary N) is 2. The van der Waals surface area contributed by atoms with Gasteiger partial charge in [-0.15, -0.1) is 0 Å². The van der Waals surface area contributed by atoms with E-state index in [1.165, 1.54) is 0 Å². The Labute approximate surface area is 138 Å². The van der Waals surface area contributed by atoms with Gasteiger partial charge in [-0.1, -0.05) is 46.3 Å². The number of hydrazone groups is 1. The van der Waals surface area contributed by atoms with Crippen LogP contribution < -0.4 is 10.7 Å². The predicted octanol–water partition coefficient (Wildman–Crippen LogP) is 3.79. The molecule has 114 valence electrons. The van der Waals surface area contributed by atoms with Gasteiger partial charge in [-0.2, -0.15) is 5.10 Å². The van der Waals surface area contributed by atoms with Gasteiger partial charge in [0.05, 0.1) is 5.71 Å². The fourth-order valence-corrected chi connectivity index (χ4v) is 2.11. The van der Waals surface area contributed by atoms with Crippen LogP contribution in [0.4, 0.5) is 5.69 Å². The SMILES string of the molecule is C/C(=N/NC(=O)C(C)Nc1ccccc1)c1ccc(Br)cc1. The Morgan fingerprint density at radius 2 is 1.73 bits per heavy atom. The van der Waals surface area contributed by atoms with Crippen LogP contribution in [-0.2, 0) is 4.79 Å². The Kier molecular flexibility index (Phi) is 5.72. The Balaban J connectivity index is 1.93. The van der Waals surface area contributed by atoms with E-state index in [9.17, 15) is 4.79 Å². The first kappa shape index (κ1) is 16.2. The third-order valence-corrected chi connectivity index (χ3v) is 3.67. The molecule has 2 rings (SSSR count). The van der Waals surface area contributed by atoms with Gasteiger partial charge in [-0.3, -0.25) is 4.79 Å². The molecule has 1 unspecified atom stereocenters. The maximum absolute atomic E-state index is 12.0. The van der Waals surface area contributed by atoms with E-state index in [-0.39, 0.29) is 11.9 Å². The number of hydrogen-bond acceptors (Lipinski definition) is 3. The highest BCUT2D eigenvalue weighted by Gasteiger charge is 2.11. The number of anilines is 1. The zero-order chi connectivity index (χ0) is 15.9. The van der Waals surface area contributed by atoms with Crippen LogP contribution in [0.25, 0.3) is 0 Å². The highest BCUT2D eigenvalue weighted by molar-refractivity contribution is 9.10. The summed E-state index contributed by atoms with van der Waals surface area (Å²) < 4.78 is 1.01. The van der Waals surface area contributed by atoms with Crippen molar-refractivity contribution >= 4 is 33.2 Å². The molecule has 0 saturated heterocycles. The predicted molar refractivity (Wildman–Crippen MR) is 94.0 cm³/mol. The highest BCUT2D eigenvalue weighted by atomic mass is 79.9. The number of nitrogens with zero attached hydrogens (tertiary/aromatic N) is 1. The first-order chi connectivity index (χ1) is 10.6. The van der Waals surface area contributed by atoms with Crippen molar-refractivity contribution < 1.29 is 4.79 Å². The number of rotatable bonds is 5. The maximum Gasteiger partial charge on any atom is 0.262 e.